The molecule has 0 amide bonds. The van der Waals surface area contributed by atoms with E-state index in [2.05, 4.69) is 43.2 Å². The van der Waals surface area contributed by atoms with Gasteiger partial charge < -0.3 is 14.2 Å². The van der Waals surface area contributed by atoms with Crippen molar-refractivity contribution < 1.29 is 14.2 Å². The van der Waals surface area contributed by atoms with Crippen LogP contribution in [0, 0.1) is 13.8 Å². The number of benzene rings is 2. The van der Waals surface area contributed by atoms with Gasteiger partial charge in [0.2, 0.25) is 0 Å². The summed E-state index contributed by atoms with van der Waals surface area (Å²) in [6.07, 6.45) is 7.96. The Hall–Kier alpha value is -2.86. The van der Waals surface area contributed by atoms with Crippen LogP contribution in [0.1, 0.15) is 62.1 Å². The van der Waals surface area contributed by atoms with Crippen LogP contribution in [0.25, 0.3) is 0 Å². The minimum Gasteiger partial charge on any atom is -0.491 e. The molecule has 3 atom stereocenters. The van der Waals surface area contributed by atoms with Gasteiger partial charge in [0.15, 0.2) is 6.23 Å². The summed E-state index contributed by atoms with van der Waals surface area (Å²) in [5, 5.41) is 8.72. The first kappa shape index (κ1) is 23.3. The molecular formula is C27H35N3O3. The Bertz CT molecular complexity index is 985. The second-order valence-electron chi connectivity index (χ2n) is 8.96. The maximum atomic E-state index is 6.37. The van der Waals surface area contributed by atoms with E-state index in [-0.39, 0.29) is 18.4 Å². The lowest BCUT2D eigenvalue weighted by Gasteiger charge is -2.20. The van der Waals surface area contributed by atoms with Crippen LogP contribution in [0.5, 0.6) is 11.5 Å². The molecule has 1 aromatic heterocycles. The van der Waals surface area contributed by atoms with Crippen molar-refractivity contribution in [1.29, 1.82) is 0 Å². The van der Waals surface area contributed by atoms with Crippen LogP contribution in [0.15, 0.2) is 54.7 Å². The van der Waals surface area contributed by atoms with Gasteiger partial charge in [-0.2, -0.15) is 0 Å². The molecule has 1 fully saturated rings. The zero-order chi connectivity index (χ0) is 23.0. The molecule has 0 N–H and O–H groups in total. The fourth-order valence-corrected chi connectivity index (χ4v) is 4.04. The van der Waals surface area contributed by atoms with Gasteiger partial charge in [0.1, 0.15) is 30.3 Å². The predicted octanol–water partition coefficient (Wildman–Crippen LogP) is 5.83. The average Bonchev–Trinajstić information content (AvgIpc) is 3.45. The fourth-order valence-electron chi connectivity index (χ4n) is 4.04. The van der Waals surface area contributed by atoms with Gasteiger partial charge in [-0.15, -0.1) is 5.10 Å². The molecule has 33 heavy (non-hydrogen) atoms. The van der Waals surface area contributed by atoms with Crippen LogP contribution >= 0.6 is 0 Å². The van der Waals surface area contributed by atoms with Crippen molar-refractivity contribution in [1.82, 2.24) is 15.0 Å². The zero-order valence-electron chi connectivity index (χ0n) is 19.9. The Morgan fingerprint density at radius 3 is 2.33 bits per heavy atom. The lowest BCUT2D eigenvalue weighted by Crippen LogP contribution is -2.32. The molecule has 1 aliphatic rings. The maximum absolute atomic E-state index is 6.37. The molecular weight excluding hydrogens is 414 g/mol. The number of hydrogen-bond donors (Lipinski definition) is 0. The summed E-state index contributed by atoms with van der Waals surface area (Å²) in [7, 11) is 0. The first-order valence-electron chi connectivity index (χ1n) is 12.1. The monoisotopic (exact) mass is 449 g/mol. The number of unbranched alkanes of at least 4 members (excludes halogenated alkanes) is 3. The van der Waals surface area contributed by atoms with Gasteiger partial charge in [-0.05, 0) is 51.0 Å². The Labute approximate surface area is 196 Å². The van der Waals surface area contributed by atoms with E-state index in [0.717, 1.165) is 30.0 Å². The van der Waals surface area contributed by atoms with E-state index in [0.29, 0.717) is 13.0 Å². The van der Waals surface area contributed by atoms with Gasteiger partial charge in [-0.3, -0.25) is 0 Å². The first-order valence-corrected chi connectivity index (χ1v) is 12.1. The van der Waals surface area contributed by atoms with E-state index in [4.69, 9.17) is 14.2 Å². The van der Waals surface area contributed by atoms with Crippen molar-refractivity contribution >= 4 is 0 Å². The lowest BCUT2D eigenvalue weighted by molar-refractivity contribution is -0.0406. The van der Waals surface area contributed by atoms with Crippen LogP contribution < -0.4 is 9.47 Å². The van der Waals surface area contributed by atoms with E-state index < -0.39 is 0 Å². The highest BCUT2D eigenvalue weighted by molar-refractivity contribution is 5.27. The van der Waals surface area contributed by atoms with Gasteiger partial charge in [-0.1, -0.05) is 66.8 Å². The molecule has 2 aromatic carbocycles. The number of hydrogen-bond acceptors (Lipinski definition) is 5. The summed E-state index contributed by atoms with van der Waals surface area (Å²) in [5.41, 5.74) is 3.43. The van der Waals surface area contributed by atoms with Crippen LogP contribution in [-0.2, 0) is 11.2 Å². The minimum absolute atomic E-state index is 0.139. The summed E-state index contributed by atoms with van der Waals surface area (Å²) < 4.78 is 20.6. The average molecular weight is 450 g/mol. The molecule has 0 aliphatic carbocycles. The summed E-state index contributed by atoms with van der Waals surface area (Å²) in [6, 6.07) is 16.2. The summed E-state index contributed by atoms with van der Waals surface area (Å²) in [5.74, 6) is 1.67. The first-order chi connectivity index (χ1) is 16.1. The number of nitrogens with zero attached hydrogens (tertiary/aromatic N) is 3. The van der Waals surface area contributed by atoms with E-state index in [1.165, 1.54) is 30.4 Å². The van der Waals surface area contributed by atoms with Crippen molar-refractivity contribution in [2.45, 2.75) is 77.7 Å². The molecule has 176 valence electrons. The molecule has 6 nitrogen and oxygen atoms in total. The Balaban J connectivity index is 1.41. The lowest BCUT2D eigenvalue weighted by atomic mass is 10.1. The molecule has 0 radical (unpaired) electrons. The zero-order valence-corrected chi connectivity index (χ0v) is 19.9. The highest BCUT2D eigenvalue weighted by Gasteiger charge is 2.39. The van der Waals surface area contributed by atoms with Crippen molar-refractivity contribution in [3.8, 4) is 11.5 Å². The number of rotatable bonds is 11. The maximum Gasteiger partial charge on any atom is 0.156 e. The number of aryl methyl sites for hydroxylation is 3. The Morgan fingerprint density at radius 2 is 1.64 bits per heavy atom. The number of ether oxygens (including phenoxy) is 3. The molecule has 0 bridgehead atoms. The minimum atomic E-state index is -0.219. The summed E-state index contributed by atoms with van der Waals surface area (Å²) in [4.78, 5) is 0. The third-order valence-electron chi connectivity index (χ3n) is 6.06. The quantitative estimate of drug-likeness (QED) is 0.345. The highest BCUT2D eigenvalue weighted by Crippen LogP contribution is 2.32. The molecule has 0 spiro atoms. The SMILES string of the molecule is CCCCCCc1cn([C@@H]2C[C@H](Oc3ccc(C)cc3)[C@@H](COc3ccc(C)cc3)O2)nn1. The largest absolute Gasteiger partial charge is 0.491 e. The van der Waals surface area contributed by atoms with Crippen LogP contribution in [-0.4, -0.2) is 33.8 Å². The summed E-state index contributed by atoms with van der Waals surface area (Å²) >= 11 is 0. The van der Waals surface area contributed by atoms with Crippen molar-refractivity contribution in [3.63, 3.8) is 0 Å². The third-order valence-corrected chi connectivity index (χ3v) is 6.06. The molecule has 3 aromatic rings. The molecule has 2 heterocycles. The van der Waals surface area contributed by atoms with Crippen LogP contribution in [0.4, 0.5) is 0 Å². The second kappa shape index (κ2) is 11.3. The molecule has 0 saturated carbocycles. The molecule has 1 saturated heterocycles. The van der Waals surface area contributed by atoms with Crippen molar-refractivity contribution in [2.75, 3.05) is 6.61 Å². The van der Waals surface area contributed by atoms with Gasteiger partial charge in [-0.25, -0.2) is 4.68 Å². The normalized spacial score (nSPS) is 20.2. The van der Waals surface area contributed by atoms with Crippen LogP contribution in [0.3, 0.4) is 0 Å². The highest BCUT2D eigenvalue weighted by atomic mass is 16.6. The Kier molecular flexibility index (Phi) is 8.00. The van der Waals surface area contributed by atoms with E-state index in [1.54, 1.807) is 0 Å². The van der Waals surface area contributed by atoms with Gasteiger partial charge in [0, 0.05) is 6.42 Å². The van der Waals surface area contributed by atoms with Gasteiger partial charge in [0.25, 0.3) is 0 Å². The molecule has 0 unspecified atom stereocenters. The topological polar surface area (TPSA) is 58.4 Å². The number of aromatic nitrogens is 3. The molecule has 6 heteroatoms. The predicted molar refractivity (Wildman–Crippen MR) is 129 cm³/mol. The Morgan fingerprint density at radius 1 is 0.939 bits per heavy atom. The van der Waals surface area contributed by atoms with Gasteiger partial charge >= 0.3 is 0 Å². The molecule has 4 rings (SSSR count). The van der Waals surface area contributed by atoms with Crippen molar-refractivity contribution in [2.24, 2.45) is 0 Å². The second-order valence-corrected chi connectivity index (χ2v) is 8.96. The molecule has 1 aliphatic heterocycles. The van der Waals surface area contributed by atoms with Gasteiger partial charge in [0.05, 0.1) is 11.9 Å². The standard InChI is InChI=1S/C27H35N3O3/c1-4-5-6-7-8-22-18-30(29-28-22)27-17-25(32-24-15-11-21(3)12-16-24)26(33-27)19-31-23-13-9-20(2)10-14-23/h9-16,18,25-27H,4-8,17,19H2,1-3H3/t25-,26+,27-/m0/s1. The van der Waals surface area contributed by atoms with E-state index >= 15 is 0 Å². The van der Waals surface area contributed by atoms with E-state index in [1.807, 2.05) is 47.3 Å². The van der Waals surface area contributed by atoms with Crippen molar-refractivity contribution in [3.05, 3.63) is 71.5 Å². The fraction of sp³-hybridized carbons (Fsp3) is 0.481. The smallest absolute Gasteiger partial charge is 0.156 e. The third kappa shape index (κ3) is 6.57. The van der Waals surface area contributed by atoms with E-state index in [9.17, 15) is 0 Å². The van der Waals surface area contributed by atoms with Crippen LogP contribution in [0.2, 0.25) is 0 Å². The summed E-state index contributed by atoms with van der Waals surface area (Å²) in [6.45, 7) is 6.77.